The third kappa shape index (κ3) is 6.75. The molecule has 0 heterocycles. The second-order valence-electron chi connectivity index (χ2n) is 4.01. The fourth-order valence-corrected chi connectivity index (χ4v) is 1.31. The first-order valence-electron chi connectivity index (χ1n) is 5.48. The van der Waals surface area contributed by atoms with Crippen molar-refractivity contribution in [1.82, 2.24) is 5.32 Å². The topological polar surface area (TPSA) is 38.3 Å². The number of ether oxygens (including phenoxy) is 1. The molecule has 0 aliphatic heterocycles. The summed E-state index contributed by atoms with van der Waals surface area (Å²) < 4.78 is 5.18. The summed E-state index contributed by atoms with van der Waals surface area (Å²) in [6.45, 7) is 6.46. The van der Waals surface area contributed by atoms with Crippen LogP contribution >= 0.6 is 0 Å². The van der Waals surface area contributed by atoms with Crippen molar-refractivity contribution in [3.8, 4) is 0 Å². The normalized spacial score (nSPS) is 12.6. The number of carbonyl (C=O) groups excluding carboxylic acids is 1. The molecule has 3 heteroatoms. The van der Waals surface area contributed by atoms with Crippen molar-refractivity contribution in [3.63, 3.8) is 0 Å². The summed E-state index contributed by atoms with van der Waals surface area (Å²) in [6.07, 6.45) is 3.96. The van der Waals surface area contributed by atoms with Gasteiger partial charge in [-0.1, -0.05) is 27.2 Å². The van der Waals surface area contributed by atoms with Gasteiger partial charge in [0.15, 0.2) is 0 Å². The Balaban J connectivity index is 3.63. The predicted octanol–water partition coefficient (Wildman–Crippen LogP) is 2.95. The van der Waals surface area contributed by atoms with Crippen molar-refractivity contribution in [2.75, 3.05) is 7.05 Å². The molecule has 0 bridgehead atoms. The lowest BCUT2D eigenvalue weighted by atomic mass is 10.0. The zero-order valence-electron chi connectivity index (χ0n) is 9.80. The van der Waals surface area contributed by atoms with Crippen LogP contribution in [0.2, 0.25) is 0 Å². The maximum Gasteiger partial charge on any atom is 0.407 e. The molecule has 3 nitrogen and oxygen atoms in total. The van der Waals surface area contributed by atoms with Gasteiger partial charge in [-0.05, 0) is 25.2 Å². The summed E-state index contributed by atoms with van der Waals surface area (Å²) in [6, 6.07) is 0. The molecular formula is C11H23NO2. The molecule has 1 amide bonds. The van der Waals surface area contributed by atoms with Crippen LogP contribution in [0.4, 0.5) is 4.79 Å². The summed E-state index contributed by atoms with van der Waals surface area (Å²) in [5.74, 6) is 0.729. The highest BCUT2D eigenvalue weighted by Crippen LogP contribution is 2.12. The van der Waals surface area contributed by atoms with Gasteiger partial charge in [-0.3, -0.25) is 0 Å². The van der Waals surface area contributed by atoms with E-state index in [-0.39, 0.29) is 12.2 Å². The number of hydrogen-bond acceptors (Lipinski definition) is 2. The van der Waals surface area contributed by atoms with Crippen molar-refractivity contribution < 1.29 is 9.53 Å². The van der Waals surface area contributed by atoms with E-state index < -0.39 is 0 Å². The van der Waals surface area contributed by atoms with Crippen LogP contribution < -0.4 is 5.32 Å². The van der Waals surface area contributed by atoms with E-state index >= 15 is 0 Å². The van der Waals surface area contributed by atoms with E-state index in [0.717, 1.165) is 25.2 Å². The van der Waals surface area contributed by atoms with E-state index in [1.54, 1.807) is 7.05 Å². The van der Waals surface area contributed by atoms with Crippen molar-refractivity contribution in [1.29, 1.82) is 0 Å². The summed E-state index contributed by atoms with van der Waals surface area (Å²) in [7, 11) is 1.59. The molecule has 0 fully saturated rings. The molecule has 0 radical (unpaired) electrons. The molecule has 84 valence electrons. The summed E-state index contributed by atoms with van der Waals surface area (Å²) >= 11 is 0. The summed E-state index contributed by atoms with van der Waals surface area (Å²) in [4.78, 5) is 10.9. The van der Waals surface area contributed by atoms with Crippen molar-refractivity contribution >= 4 is 6.09 Å². The molecule has 0 aromatic carbocycles. The SMILES string of the molecule is CC[C@@H](CCCC(C)C)OC(=O)NC. The zero-order chi connectivity index (χ0) is 11.0. The number of nitrogens with one attached hydrogen (secondary N) is 1. The summed E-state index contributed by atoms with van der Waals surface area (Å²) in [5.41, 5.74) is 0. The van der Waals surface area contributed by atoms with Crippen LogP contribution in [0.3, 0.4) is 0 Å². The lowest BCUT2D eigenvalue weighted by Crippen LogP contribution is -2.25. The van der Waals surface area contributed by atoms with Crippen LogP contribution in [0.5, 0.6) is 0 Å². The minimum Gasteiger partial charge on any atom is -0.446 e. The van der Waals surface area contributed by atoms with Crippen LogP contribution in [0.25, 0.3) is 0 Å². The van der Waals surface area contributed by atoms with E-state index in [2.05, 4.69) is 19.2 Å². The molecule has 0 unspecified atom stereocenters. The quantitative estimate of drug-likeness (QED) is 0.717. The third-order valence-corrected chi connectivity index (χ3v) is 2.24. The Morgan fingerprint density at radius 2 is 2.00 bits per heavy atom. The van der Waals surface area contributed by atoms with Gasteiger partial charge in [-0.25, -0.2) is 4.79 Å². The highest BCUT2D eigenvalue weighted by molar-refractivity contribution is 5.66. The van der Waals surface area contributed by atoms with E-state index in [1.807, 2.05) is 6.92 Å². The molecule has 0 aromatic heterocycles. The van der Waals surface area contributed by atoms with Crippen LogP contribution in [-0.4, -0.2) is 19.2 Å². The van der Waals surface area contributed by atoms with Gasteiger partial charge in [0.2, 0.25) is 0 Å². The van der Waals surface area contributed by atoms with Crippen molar-refractivity contribution in [2.45, 2.75) is 52.6 Å². The molecule has 1 atom stereocenters. The second kappa shape index (κ2) is 7.65. The Morgan fingerprint density at radius 3 is 2.43 bits per heavy atom. The predicted molar refractivity (Wildman–Crippen MR) is 58.3 cm³/mol. The van der Waals surface area contributed by atoms with E-state index in [9.17, 15) is 4.79 Å². The fourth-order valence-electron chi connectivity index (χ4n) is 1.31. The van der Waals surface area contributed by atoms with Gasteiger partial charge in [0.1, 0.15) is 6.10 Å². The largest absolute Gasteiger partial charge is 0.446 e. The van der Waals surface area contributed by atoms with Gasteiger partial charge < -0.3 is 10.1 Å². The maximum absolute atomic E-state index is 10.9. The average Bonchev–Trinajstić information content (AvgIpc) is 2.15. The first kappa shape index (κ1) is 13.3. The highest BCUT2D eigenvalue weighted by atomic mass is 16.6. The fraction of sp³-hybridized carbons (Fsp3) is 0.909. The van der Waals surface area contributed by atoms with E-state index in [1.165, 1.54) is 6.42 Å². The Hall–Kier alpha value is -0.730. The first-order chi connectivity index (χ1) is 6.60. The number of hydrogen-bond donors (Lipinski definition) is 1. The number of rotatable bonds is 6. The number of carbonyl (C=O) groups is 1. The molecule has 1 N–H and O–H groups in total. The Labute approximate surface area is 87.2 Å². The first-order valence-corrected chi connectivity index (χ1v) is 5.48. The summed E-state index contributed by atoms with van der Waals surface area (Å²) in [5, 5.41) is 2.47. The molecule has 0 aliphatic rings. The minimum atomic E-state index is -0.318. The van der Waals surface area contributed by atoms with Crippen LogP contribution in [0.1, 0.15) is 46.5 Å². The maximum atomic E-state index is 10.9. The highest BCUT2D eigenvalue weighted by Gasteiger charge is 2.10. The van der Waals surface area contributed by atoms with Crippen LogP contribution in [0.15, 0.2) is 0 Å². The van der Waals surface area contributed by atoms with Crippen LogP contribution in [-0.2, 0) is 4.74 Å². The Morgan fingerprint density at radius 1 is 1.36 bits per heavy atom. The molecule has 0 saturated carbocycles. The van der Waals surface area contributed by atoms with Gasteiger partial charge >= 0.3 is 6.09 Å². The molecule has 0 rings (SSSR count). The molecule has 0 aliphatic carbocycles. The van der Waals surface area contributed by atoms with E-state index in [0.29, 0.717) is 0 Å². The van der Waals surface area contributed by atoms with Crippen LogP contribution in [0, 0.1) is 5.92 Å². The van der Waals surface area contributed by atoms with Gasteiger partial charge in [0.05, 0.1) is 0 Å². The second-order valence-corrected chi connectivity index (χ2v) is 4.01. The lowest BCUT2D eigenvalue weighted by Gasteiger charge is -2.16. The third-order valence-electron chi connectivity index (χ3n) is 2.24. The number of alkyl carbamates (subject to hydrolysis) is 1. The molecule has 0 saturated heterocycles. The lowest BCUT2D eigenvalue weighted by molar-refractivity contribution is 0.0899. The van der Waals surface area contributed by atoms with Crippen molar-refractivity contribution in [2.24, 2.45) is 5.92 Å². The zero-order valence-corrected chi connectivity index (χ0v) is 9.80. The molecule has 0 aromatic rings. The Bertz CT molecular complexity index is 157. The minimum absolute atomic E-state index is 0.0775. The van der Waals surface area contributed by atoms with Crippen molar-refractivity contribution in [3.05, 3.63) is 0 Å². The van der Waals surface area contributed by atoms with Gasteiger partial charge in [0, 0.05) is 7.05 Å². The molecular weight excluding hydrogens is 178 g/mol. The molecule has 0 spiro atoms. The number of amides is 1. The monoisotopic (exact) mass is 201 g/mol. The molecule has 14 heavy (non-hydrogen) atoms. The Kier molecular flexibility index (Phi) is 7.25. The van der Waals surface area contributed by atoms with Gasteiger partial charge in [-0.2, -0.15) is 0 Å². The smallest absolute Gasteiger partial charge is 0.407 e. The average molecular weight is 201 g/mol. The van der Waals surface area contributed by atoms with E-state index in [4.69, 9.17) is 4.74 Å². The van der Waals surface area contributed by atoms with Gasteiger partial charge in [0.25, 0.3) is 0 Å². The van der Waals surface area contributed by atoms with Gasteiger partial charge in [-0.15, -0.1) is 0 Å². The standard InChI is InChI=1S/C11H23NO2/c1-5-10(14-11(13)12-4)8-6-7-9(2)3/h9-10H,5-8H2,1-4H3,(H,12,13)/t10-/m0/s1.